The summed E-state index contributed by atoms with van der Waals surface area (Å²) in [6, 6.07) is 1.64. The van der Waals surface area contributed by atoms with Crippen LogP contribution in [-0.4, -0.2) is 39.4 Å². The molecule has 0 aliphatic rings. The zero-order chi connectivity index (χ0) is 14.6. The van der Waals surface area contributed by atoms with E-state index in [4.69, 9.17) is 0 Å². The topological polar surface area (TPSA) is 63.7 Å². The van der Waals surface area contributed by atoms with Gasteiger partial charge < -0.3 is 4.74 Å². The number of nitrogens with zero attached hydrogens (tertiary/aromatic N) is 1. The van der Waals surface area contributed by atoms with Gasteiger partial charge in [0, 0.05) is 20.0 Å². The molecule has 0 saturated heterocycles. The van der Waals surface area contributed by atoms with Crippen LogP contribution >= 0.6 is 27.3 Å². The van der Waals surface area contributed by atoms with Gasteiger partial charge in [-0.15, -0.1) is 11.3 Å². The highest BCUT2D eigenvalue weighted by molar-refractivity contribution is 9.11. The molecule has 1 aromatic rings. The SMILES string of the molecule is COC(=O)CCCN(C)S(=O)(=O)c1cc(C)c(Br)s1. The number of carbonyl (C=O) groups excluding carboxylic acids is 1. The van der Waals surface area contributed by atoms with Gasteiger partial charge in [0.1, 0.15) is 4.21 Å². The number of hydrogen-bond donors (Lipinski definition) is 0. The summed E-state index contributed by atoms with van der Waals surface area (Å²) in [6.45, 7) is 2.13. The van der Waals surface area contributed by atoms with Gasteiger partial charge in [0.25, 0.3) is 10.0 Å². The Balaban J connectivity index is 2.69. The van der Waals surface area contributed by atoms with Crippen LogP contribution in [0.5, 0.6) is 0 Å². The van der Waals surface area contributed by atoms with Crippen molar-refractivity contribution in [2.45, 2.75) is 24.0 Å². The number of sulfonamides is 1. The monoisotopic (exact) mass is 369 g/mol. The van der Waals surface area contributed by atoms with Gasteiger partial charge in [0.2, 0.25) is 0 Å². The van der Waals surface area contributed by atoms with Gasteiger partial charge in [0.05, 0.1) is 10.9 Å². The van der Waals surface area contributed by atoms with Gasteiger partial charge in [0.15, 0.2) is 0 Å². The van der Waals surface area contributed by atoms with E-state index in [0.717, 1.165) is 9.35 Å². The Morgan fingerprint density at radius 2 is 2.16 bits per heavy atom. The van der Waals surface area contributed by atoms with Crippen molar-refractivity contribution < 1.29 is 17.9 Å². The van der Waals surface area contributed by atoms with Crippen molar-refractivity contribution >= 4 is 43.3 Å². The average Bonchev–Trinajstić information content (AvgIpc) is 2.69. The lowest BCUT2D eigenvalue weighted by Gasteiger charge is -2.15. The number of ether oxygens (including phenoxy) is 1. The maximum absolute atomic E-state index is 12.2. The fourth-order valence-corrected chi connectivity index (χ4v) is 5.03. The molecule has 108 valence electrons. The van der Waals surface area contributed by atoms with Crippen LogP contribution in [-0.2, 0) is 19.6 Å². The molecule has 0 atom stereocenters. The van der Waals surface area contributed by atoms with Gasteiger partial charge in [-0.2, -0.15) is 0 Å². The number of rotatable bonds is 6. The van der Waals surface area contributed by atoms with Crippen LogP contribution in [0.2, 0.25) is 0 Å². The zero-order valence-corrected chi connectivity index (χ0v) is 14.2. The molecule has 1 rings (SSSR count). The summed E-state index contributed by atoms with van der Waals surface area (Å²) in [7, 11) is -0.652. The van der Waals surface area contributed by atoms with Gasteiger partial charge in [-0.05, 0) is 40.9 Å². The van der Waals surface area contributed by atoms with Crippen LogP contribution in [0.4, 0.5) is 0 Å². The van der Waals surface area contributed by atoms with Crippen molar-refractivity contribution in [1.29, 1.82) is 0 Å². The molecular formula is C11H16BrNO4S2. The molecule has 0 bridgehead atoms. The van der Waals surface area contributed by atoms with Crippen molar-refractivity contribution in [2.75, 3.05) is 20.7 Å². The molecule has 0 aromatic carbocycles. The van der Waals surface area contributed by atoms with Gasteiger partial charge in [-0.1, -0.05) is 0 Å². The third-order valence-corrected chi connectivity index (χ3v) is 7.02. The second kappa shape index (κ2) is 6.83. The Hall–Kier alpha value is -0.440. The van der Waals surface area contributed by atoms with E-state index in [-0.39, 0.29) is 18.9 Å². The number of esters is 1. The largest absolute Gasteiger partial charge is 0.469 e. The molecule has 0 fully saturated rings. The Morgan fingerprint density at radius 1 is 1.53 bits per heavy atom. The van der Waals surface area contributed by atoms with Gasteiger partial charge in [-0.3, -0.25) is 4.79 Å². The quantitative estimate of drug-likeness (QED) is 0.722. The molecule has 0 saturated carbocycles. The summed E-state index contributed by atoms with van der Waals surface area (Å²) in [5, 5.41) is 0. The maximum atomic E-state index is 12.2. The summed E-state index contributed by atoms with van der Waals surface area (Å²) in [6.07, 6.45) is 0.650. The molecule has 0 radical (unpaired) electrons. The lowest BCUT2D eigenvalue weighted by molar-refractivity contribution is -0.140. The summed E-state index contributed by atoms with van der Waals surface area (Å²) < 4.78 is 31.4. The highest BCUT2D eigenvalue weighted by atomic mass is 79.9. The highest BCUT2D eigenvalue weighted by Gasteiger charge is 2.23. The number of methoxy groups -OCH3 is 1. The Kier molecular flexibility index (Phi) is 5.97. The van der Waals surface area contributed by atoms with E-state index in [0.29, 0.717) is 10.6 Å². The first kappa shape index (κ1) is 16.6. The van der Waals surface area contributed by atoms with Crippen molar-refractivity contribution in [3.05, 3.63) is 15.4 Å². The standard InChI is InChI=1S/C11H16BrNO4S2/c1-8-7-10(18-11(8)12)19(15,16)13(2)6-4-5-9(14)17-3/h7H,4-6H2,1-3H3. The minimum Gasteiger partial charge on any atom is -0.469 e. The van der Waals surface area contributed by atoms with Crippen LogP contribution < -0.4 is 0 Å². The summed E-state index contributed by atoms with van der Waals surface area (Å²) in [5.74, 6) is -0.333. The Morgan fingerprint density at radius 3 is 2.63 bits per heavy atom. The van der Waals surface area contributed by atoms with Crippen LogP contribution in [0.3, 0.4) is 0 Å². The van der Waals surface area contributed by atoms with Crippen LogP contribution in [0, 0.1) is 6.92 Å². The van der Waals surface area contributed by atoms with Crippen molar-refractivity contribution in [3.63, 3.8) is 0 Å². The minimum absolute atomic E-state index is 0.212. The second-order valence-corrected chi connectivity index (χ2v) is 8.67. The van der Waals surface area contributed by atoms with E-state index >= 15 is 0 Å². The third kappa shape index (κ3) is 4.27. The molecule has 19 heavy (non-hydrogen) atoms. The van der Waals surface area contributed by atoms with Gasteiger partial charge in [-0.25, -0.2) is 12.7 Å². The fraction of sp³-hybridized carbons (Fsp3) is 0.545. The molecule has 1 aromatic heterocycles. The molecule has 0 amide bonds. The first-order valence-corrected chi connectivity index (χ1v) is 8.63. The van der Waals surface area contributed by atoms with E-state index in [2.05, 4.69) is 20.7 Å². The Bertz CT molecular complexity index is 534. The molecule has 0 spiro atoms. The molecule has 0 aliphatic heterocycles. The third-order valence-electron chi connectivity index (χ3n) is 2.58. The molecule has 0 N–H and O–H groups in total. The summed E-state index contributed by atoms with van der Waals surface area (Å²) >= 11 is 4.50. The number of hydrogen-bond acceptors (Lipinski definition) is 5. The molecule has 0 aliphatic carbocycles. The zero-order valence-electron chi connectivity index (χ0n) is 11.0. The highest BCUT2D eigenvalue weighted by Crippen LogP contribution is 2.31. The van der Waals surface area contributed by atoms with E-state index in [1.54, 1.807) is 6.07 Å². The number of aryl methyl sites for hydroxylation is 1. The molecule has 0 unspecified atom stereocenters. The molecule has 1 heterocycles. The number of halogens is 1. The smallest absolute Gasteiger partial charge is 0.305 e. The molecule has 5 nitrogen and oxygen atoms in total. The van der Waals surface area contributed by atoms with Crippen molar-refractivity contribution in [3.8, 4) is 0 Å². The average molecular weight is 370 g/mol. The van der Waals surface area contributed by atoms with Crippen molar-refractivity contribution in [2.24, 2.45) is 0 Å². The second-order valence-electron chi connectivity index (χ2n) is 4.03. The van der Waals surface area contributed by atoms with Crippen LogP contribution in [0.15, 0.2) is 14.1 Å². The first-order chi connectivity index (χ1) is 8.78. The predicted molar refractivity (Wildman–Crippen MR) is 77.8 cm³/mol. The lowest BCUT2D eigenvalue weighted by Crippen LogP contribution is -2.27. The summed E-state index contributed by atoms with van der Waals surface area (Å²) in [4.78, 5) is 11.0. The minimum atomic E-state index is -3.48. The summed E-state index contributed by atoms with van der Waals surface area (Å²) in [5.41, 5.74) is 0.895. The number of thiophene rings is 1. The molecule has 8 heteroatoms. The van der Waals surface area contributed by atoms with Crippen molar-refractivity contribution in [1.82, 2.24) is 4.31 Å². The predicted octanol–water partition coefficient (Wildman–Crippen LogP) is 2.39. The van der Waals surface area contributed by atoms with E-state index in [1.165, 1.54) is 29.8 Å². The van der Waals surface area contributed by atoms with Gasteiger partial charge >= 0.3 is 5.97 Å². The lowest BCUT2D eigenvalue weighted by atomic mass is 10.3. The Labute approximate surface area is 125 Å². The van der Waals surface area contributed by atoms with E-state index in [9.17, 15) is 13.2 Å². The molecular weight excluding hydrogens is 354 g/mol. The van der Waals surface area contributed by atoms with Crippen LogP contribution in [0.1, 0.15) is 18.4 Å². The van der Waals surface area contributed by atoms with E-state index < -0.39 is 10.0 Å². The maximum Gasteiger partial charge on any atom is 0.305 e. The van der Waals surface area contributed by atoms with Crippen LogP contribution in [0.25, 0.3) is 0 Å². The fourth-order valence-electron chi connectivity index (χ4n) is 1.38. The first-order valence-electron chi connectivity index (χ1n) is 5.58. The number of carbonyl (C=O) groups is 1. The van der Waals surface area contributed by atoms with E-state index in [1.807, 2.05) is 6.92 Å². The normalized spacial score (nSPS) is 11.8.